The van der Waals surface area contributed by atoms with Crippen molar-refractivity contribution in [2.24, 2.45) is 5.92 Å². The number of aliphatic carboxylic acids is 1. The van der Waals surface area contributed by atoms with Crippen LogP contribution in [0.2, 0.25) is 0 Å². The number of benzene rings is 3. The van der Waals surface area contributed by atoms with Gasteiger partial charge in [-0.25, -0.2) is 13.2 Å². The highest BCUT2D eigenvalue weighted by Crippen LogP contribution is 2.23. The first-order valence-corrected chi connectivity index (χ1v) is 15.4. The van der Waals surface area contributed by atoms with E-state index in [-0.39, 0.29) is 29.8 Å². The molecule has 0 bridgehead atoms. The van der Waals surface area contributed by atoms with Crippen molar-refractivity contribution in [1.82, 2.24) is 14.5 Å². The highest BCUT2D eigenvalue weighted by atomic mass is 32.2. The summed E-state index contributed by atoms with van der Waals surface area (Å²) >= 11 is 0. The van der Waals surface area contributed by atoms with Crippen molar-refractivity contribution in [2.75, 3.05) is 13.1 Å². The number of carbonyl (C=O) groups excluding carboxylic acids is 1. The Morgan fingerprint density at radius 2 is 1.37 bits per heavy atom. The van der Waals surface area contributed by atoms with Crippen molar-refractivity contribution in [1.29, 1.82) is 0 Å². The number of sulfonamides is 1. The van der Waals surface area contributed by atoms with E-state index in [2.05, 4.69) is 5.32 Å². The van der Waals surface area contributed by atoms with Gasteiger partial charge in [0.1, 0.15) is 6.04 Å². The number of hydrogen-bond acceptors (Lipinski definition) is 4. The van der Waals surface area contributed by atoms with Crippen molar-refractivity contribution in [2.45, 2.75) is 64.1 Å². The summed E-state index contributed by atoms with van der Waals surface area (Å²) < 4.78 is 28.1. The van der Waals surface area contributed by atoms with Crippen molar-refractivity contribution in [3.8, 4) is 0 Å². The Labute approximate surface area is 244 Å². The van der Waals surface area contributed by atoms with Gasteiger partial charge in [0.05, 0.1) is 4.90 Å². The maximum atomic E-state index is 13.5. The second kappa shape index (κ2) is 15.3. The largest absolute Gasteiger partial charge is 0.480 e. The fraction of sp³-hybridized carbons (Fsp3) is 0.375. The van der Waals surface area contributed by atoms with Gasteiger partial charge in [0.25, 0.3) is 0 Å². The van der Waals surface area contributed by atoms with Gasteiger partial charge in [-0.2, -0.15) is 4.31 Å². The Bertz CT molecular complexity index is 1310. The molecule has 0 heterocycles. The van der Waals surface area contributed by atoms with E-state index in [0.29, 0.717) is 32.5 Å². The number of carboxylic acids is 1. The molecular formula is C32H41N3O5S. The number of amides is 2. The molecule has 3 aromatic rings. The molecule has 9 heteroatoms. The lowest BCUT2D eigenvalue weighted by atomic mass is 10.1. The number of nitrogens with one attached hydrogen (secondary N) is 1. The normalized spacial score (nSPS) is 12.3. The molecule has 0 aliphatic rings. The minimum absolute atomic E-state index is 0.0587. The van der Waals surface area contributed by atoms with Gasteiger partial charge in [-0.15, -0.1) is 0 Å². The first kappa shape index (κ1) is 31.8. The lowest BCUT2D eigenvalue weighted by molar-refractivity contribution is -0.141. The quantitative estimate of drug-likeness (QED) is 0.225. The Morgan fingerprint density at radius 3 is 1.85 bits per heavy atom. The number of hydrogen-bond donors (Lipinski definition) is 2. The van der Waals surface area contributed by atoms with Crippen LogP contribution in [0.5, 0.6) is 0 Å². The van der Waals surface area contributed by atoms with Crippen LogP contribution in [0.4, 0.5) is 4.79 Å². The number of nitrogens with zero attached hydrogens (tertiary/aromatic N) is 2. The zero-order chi connectivity index (χ0) is 29.8. The zero-order valence-corrected chi connectivity index (χ0v) is 24.9. The van der Waals surface area contributed by atoms with Crippen LogP contribution in [0, 0.1) is 12.8 Å². The molecule has 1 atom stereocenters. The number of carbonyl (C=O) groups is 2. The molecule has 0 unspecified atom stereocenters. The summed E-state index contributed by atoms with van der Waals surface area (Å²) in [6.45, 7) is 6.93. The SMILES string of the molecule is Cc1ccc(S(=O)(=O)N(CC(C)C)[C@@H](CCCCNC(=O)N(Cc2ccccc2)Cc2ccccc2)C(=O)O)cc1. The molecule has 0 aromatic heterocycles. The summed E-state index contributed by atoms with van der Waals surface area (Å²) in [6.07, 6.45) is 1.09. The molecule has 0 fully saturated rings. The van der Waals surface area contributed by atoms with E-state index in [0.717, 1.165) is 21.0 Å². The van der Waals surface area contributed by atoms with Crippen LogP contribution < -0.4 is 5.32 Å². The van der Waals surface area contributed by atoms with E-state index < -0.39 is 22.0 Å². The van der Waals surface area contributed by atoms with Crippen molar-refractivity contribution >= 4 is 22.0 Å². The fourth-order valence-electron chi connectivity index (χ4n) is 4.57. The Hall–Kier alpha value is -3.69. The highest BCUT2D eigenvalue weighted by Gasteiger charge is 2.36. The molecular weight excluding hydrogens is 538 g/mol. The standard InChI is InChI=1S/C32H41N3O5S/c1-25(2)22-35(41(39,40)29-19-17-26(3)18-20-29)30(31(36)37)16-10-11-21-33-32(38)34(23-27-12-6-4-7-13-27)24-28-14-8-5-9-15-28/h4-9,12-15,17-20,25,30H,10-11,16,21-24H2,1-3H3,(H,33,38)(H,36,37)/t30-/m0/s1. The minimum Gasteiger partial charge on any atom is -0.480 e. The summed E-state index contributed by atoms with van der Waals surface area (Å²) in [7, 11) is -4.01. The van der Waals surface area contributed by atoms with Crippen LogP contribution in [-0.4, -0.2) is 53.9 Å². The number of carboxylic acid groups (broad SMARTS) is 1. The van der Waals surface area contributed by atoms with Gasteiger partial charge in [-0.05, 0) is 55.4 Å². The number of unbranched alkanes of at least 4 members (excludes halogenated alkanes) is 1. The Morgan fingerprint density at radius 1 is 0.829 bits per heavy atom. The van der Waals surface area contributed by atoms with Crippen LogP contribution in [0.15, 0.2) is 89.8 Å². The molecule has 2 N–H and O–H groups in total. The average Bonchev–Trinajstić information content (AvgIpc) is 2.94. The fourth-order valence-corrected chi connectivity index (χ4v) is 6.34. The highest BCUT2D eigenvalue weighted by molar-refractivity contribution is 7.89. The first-order chi connectivity index (χ1) is 19.6. The summed E-state index contributed by atoms with van der Waals surface area (Å²) in [5.41, 5.74) is 2.95. The molecule has 3 rings (SSSR count). The summed E-state index contributed by atoms with van der Waals surface area (Å²) in [5.74, 6) is -1.24. The molecule has 0 aliphatic heterocycles. The predicted molar refractivity (Wildman–Crippen MR) is 161 cm³/mol. The van der Waals surface area contributed by atoms with E-state index in [4.69, 9.17) is 0 Å². The van der Waals surface area contributed by atoms with Gasteiger partial charge in [-0.3, -0.25) is 4.79 Å². The minimum atomic E-state index is -4.01. The number of aryl methyl sites for hydroxylation is 1. The summed E-state index contributed by atoms with van der Waals surface area (Å²) in [6, 6.07) is 24.6. The van der Waals surface area contributed by atoms with E-state index in [1.54, 1.807) is 17.0 Å². The molecule has 0 aliphatic carbocycles. The molecule has 0 radical (unpaired) electrons. The van der Waals surface area contributed by atoms with Gasteiger partial charge < -0.3 is 15.3 Å². The summed E-state index contributed by atoms with van der Waals surface area (Å²) in [5, 5.41) is 13.0. The second-order valence-electron chi connectivity index (χ2n) is 10.7. The topological polar surface area (TPSA) is 107 Å². The number of rotatable bonds is 15. The maximum absolute atomic E-state index is 13.5. The molecule has 3 aromatic carbocycles. The first-order valence-electron chi connectivity index (χ1n) is 14.0. The molecule has 220 valence electrons. The number of urea groups is 1. The lowest BCUT2D eigenvalue weighted by Gasteiger charge is -2.29. The molecule has 41 heavy (non-hydrogen) atoms. The van der Waals surface area contributed by atoms with Crippen LogP contribution >= 0.6 is 0 Å². The molecule has 0 saturated carbocycles. The third-order valence-corrected chi connectivity index (χ3v) is 8.59. The monoisotopic (exact) mass is 579 g/mol. The van der Waals surface area contributed by atoms with Gasteiger partial charge in [0.15, 0.2) is 0 Å². The van der Waals surface area contributed by atoms with Gasteiger partial charge in [0, 0.05) is 26.2 Å². The van der Waals surface area contributed by atoms with Crippen LogP contribution in [-0.2, 0) is 27.9 Å². The van der Waals surface area contributed by atoms with Crippen molar-refractivity contribution < 1.29 is 23.1 Å². The molecule has 8 nitrogen and oxygen atoms in total. The van der Waals surface area contributed by atoms with Gasteiger partial charge >= 0.3 is 12.0 Å². The van der Waals surface area contributed by atoms with E-state index in [9.17, 15) is 23.1 Å². The Balaban J connectivity index is 1.62. The van der Waals surface area contributed by atoms with Crippen LogP contribution in [0.25, 0.3) is 0 Å². The molecule has 0 saturated heterocycles. The summed E-state index contributed by atoms with van der Waals surface area (Å²) in [4.78, 5) is 27.2. The van der Waals surface area contributed by atoms with Crippen molar-refractivity contribution in [3.63, 3.8) is 0 Å². The smallest absolute Gasteiger partial charge is 0.322 e. The lowest BCUT2D eigenvalue weighted by Crippen LogP contribution is -2.46. The maximum Gasteiger partial charge on any atom is 0.322 e. The van der Waals surface area contributed by atoms with E-state index >= 15 is 0 Å². The average molecular weight is 580 g/mol. The molecule has 0 spiro atoms. The third kappa shape index (κ3) is 9.72. The van der Waals surface area contributed by atoms with Gasteiger partial charge in [-0.1, -0.05) is 92.2 Å². The van der Waals surface area contributed by atoms with Crippen LogP contribution in [0.1, 0.15) is 49.8 Å². The third-order valence-electron chi connectivity index (χ3n) is 6.71. The predicted octanol–water partition coefficient (Wildman–Crippen LogP) is 5.68. The Kier molecular flexibility index (Phi) is 11.9. The van der Waals surface area contributed by atoms with Gasteiger partial charge in [0.2, 0.25) is 10.0 Å². The molecule has 2 amide bonds. The van der Waals surface area contributed by atoms with Crippen molar-refractivity contribution in [3.05, 3.63) is 102 Å². The van der Waals surface area contributed by atoms with E-state index in [1.165, 1.54) is 12.1 Å². The zero-order valence-electron chi connectivity index (χ0n) is 24.1. The van der Waals surface area contributed by atoms with Crippen LogP contribution in [0.3, 0.4) is 0 Å². The van der Waals surface area contributed by atoms with E-state index in [1.807, 2.05) is 81.4 Å². The second-order valence-corrected chi connectivity index (χ2v) is 12.6.